The Labute approximate surface area is 393 Å². The van der Waals surface area contributed by atoms with E-state index in [1.165, 1.54) is 193 Å². The molecule has 0 rings (SSSR count). The maximum absolute atomic E-state index is 12.8. The highest BCUT2D eigenvalue weighted by atomic mass is 16.6. The molecule has 1 atom stereocenters. The van der Waals surface area contributed by atoms with Crippen LogP contribution in [0.4, 0.5) is 0 Å². The molecule has 0 aliphatic heterocycles. The van der Waals surface area contributed by atoms with Gasteiger partial charge in [-0.1, -0.05) is 273 Å². The van der Waals surface area contributed by atoms with E-state index in [2.05, 4.69) is 41.5 Å². The molecule has 0 spiro atoms. The van der Waals surface area contributed by atoms with Gasteiger partial charge in [-0.25, -0.2) is 0 Å². The number of ether oxygens (including phenoxy) is 3. The number of carbonyl (C=O) groups excluding carboxylic acids is 3. The zero-order chi connectivity index (χ0) is 46.3. The summed E-state index contributed by atoms with van der Waals surface area (Å²) in [6, 6.07) is 0. The van der Waals surface area contributed by atoms with Gasteiger partial charge in [0.05, 0.1) is 0 Å². The van der Waals surface area contributed by atoms with Gasteiger partial charge < -0.3 is 14.2 Å². The lowest BCUT2D eigenvalue weighted by atomic mass is 10.0. The fourth-order valence-electron chi connectivity index (χ4n) is 8.65. The molecule has 0 aliphatic rings. The van der Waals surface area contributed by atoms with E-state index in [0.29, 0.717) is 19.3 Å². The molecular formula is C57H110O6. The molecule has 0 heterocycles. The van der Waals surface area contributed by atoms with Crippen LogP contribution in [0.3, 0.4) is 0 Å². The molecule has 0 unspecified atom stereocenters. The summed E-state index contributed by atoms with van der Waals surface area (Å²) in [5.41, 5.74) is 0. The molecule has 0 saturated carbocycles. The van der Waals surface area contributed by atoms with Crippen LogP contribution in [0.1, 0.15) is 311 Å². The highest BCUT2D eigenvalue weighted by Crippen LogP contribution is 2.18. The van der Waals surface area contributed by atoms with Gasteiger partial charge in [0.1, 0.15) is 13.2 Å². The molecule has 63 heavy (non-hydrogen) atoms. The SMILES string of the molecule is CC(C)CCCCCCCCCCCCCCCCCCC(=O)O[C@@H](COC(=O)CCCCCCCCCCCCCCC(C)C)COC(=O)CCCCCCCCCCC(C)C. The van der Waals surface area contributed by atoms with E-state index in [4.69, 9.17) is 14.2 Å². The molecule has 0 amide bonds. The highest BCUT2D eigenvalue weighted by molar-refractivity contribution is 5.71. The third kappa shape index (κ3) is 51.3. The Morgan fingerprint density at radius 3 is 0.683 bits per heavy atom. The second-order valence-electron chi connectivity index (χ2n) is 21.0. The van der Waals surface area contributed by atoms with Crippen LogP contribution in [0.25, 0.3) is 0 Å². The number of hydrogen-bond acceptors (Lipinski definition) is 6. The largest absolute Gasteiger partial charge is 0.462 e. The van der Waals surface area contributed by atoms with Crippen molar-refractivity contribution < 1.29 is 28.6 Å². The molecule has 0 radical (unpaired) electrons. The first kappa shape index (κ1) is 61.4. The van der Waals surface area contributed by atoms with E-state index in [9.17, 15) is 14.4 Å². The number of unbranched alkanes of at least 4 members (excludes halogenated alkanes) is 33. The number of hydrogen-bond donors (Lipinski definition) is 0. The Morgan fingerprint density at radius 2 is 0.460 bits per heavy atom. The summed E-state index contributed by atoms with van der Waals surface area (Å²) in [6.07, 6.45) is 49.6. The topological polar surface area (TPSA) is 78.9 Å². The summed E-state index contributed by atoms with van der Waals surface area (Å²) in [6.45, 7) is 13.7. The van der Waals surface area contributed by atoms with E-state index in [0.717, 1.165) is 75.5 Å². The van der Waals surface area contributed by atoms with Crippen molar-refractivity contribution in [3.8, 4) is 0 Å². The van der Waals surface area contributed by atoms with E-state index in [1.807, 2.05) is 0 Å². The Bertz CT molecular complexity index is 976. The van der Waals surface area contributed by atoms with Gasteiger partial charge in [0.15, 0.2) is 6.10 Å². The second kappa shape index (κ2) is 48.3. The van der Waals surface area contributed by atoms with Gasteiger partial charge in [-0.2, -0.15) is 0 Å². The lowest BCUT2D eigenvalue weighted by molar-refractivity contribution is -0.167. The number of carbonyl (C=O) groups is 3. The Hall–Kier alpha value is -1.59. The monoisotopic (exact) mass is 891 g/mol. The van der Waals surface area contributed by atoms with E-state index in [1.54, 1.807) is 0 Å². The molecule has 6 heteroatoms. The van der Waals surface area contributed by atoms with Gasteiger partial charge in [0.25, 0.3) is 0 Å². The zero-order valence-electron chi connectivity index (χ0n) is 43.4. The Balaban J connectivity index is 4.27. The van der Waals surface area contributed by atoms with Gasteiger partial charge in [-0.3, -0.25) is 14.4 Å². The van der Waals surface area contributed by atoms with Crippen LogP contribution < -0.4 is 0 Å². The second-order valence-corrected chi connectivity index (χ2v) is 21.0. The average molecular weight is 892 g/mol. The van der Waals surface area contributed by atoms with Crippen LogP contribution >= 0.6 is 0 Å². The van der Waals surface area contributed by atoms with Crippen LogP contribution in [0.15, 0.2) is 0 Å². The lowest BCUT2D eigenvalue weighted by Gasteiger charge is -2.18. The van der Waals surface area contributed by atoms with Crippen molar-refractivity contribution in [2.45, 2.75) is 317 Å². The Kier molecular flexibility index (Phi) is 47.1. The molecule has 0 aromatic heterocycles. The van der Waals surface area contributed by atoms with Crippen molar-refractivity contribution in [1.29, 1.82) is 0 Å². The summed E-state index contributed by atoms with van der Waals surface area (Å²) in [5.74, 6) is 1.63. The fourth-order valence-corrected chi connectivity index (χ4v) is 8.65. The van der Waals surface area contributed by atoms with E-state index in [-0.39, 0.29) is 31.1 Å². The summed E-state index contributed by atoms with van der Waals surface area (Å²) >= 11 is 0. The summed E-state index contributed by atoms with van der Waals surface area (Å²) in [4.78, 5) is 38.1. The van der Waals surface area contributed by atoms with Crippen LogP contribution in [-0.2, 0) is 28.6 Å². The maximum atomic E-state index is 12.8. The van der Waals surface area contributed by atoms with Crippen molar-refractivity contribution in [1.82, 2.24) is 0 Å². The van der Waals surface area contributed by atoms with Gasteiger partial charge >= 0.3 is 17.9 Å². The molecule has 0 bridgehead atoms. The molecular weight excluding hydrogens is 781 g/mol. The first-order valence-electron chi connectivity index (χ1n) is 28.1. The van der Waals surface area contributed by atoms with Crippen molar-refractivity contribution >= 4 is 17.9 Å². The predicted molar refractivity (Wildman–Crippen MR) is 270 cm³/mol. The van der Waals surface area contributed by atoms with Crippen molar-refractivity contribution in [2.75, 3.05) is 13.2 Å². The van der Waals surface area contributed by atoms with Crippen molar-refractivity contribution in [2.24, 2.45) is 17.8 Å². The smallest absolute Gasteiger partial charge is 0.306 e. The van der Waals surface area contributed by atoms with Gasteiger partial charge in [-0.15, -0.1) is 0 Å². The van der Waals surface area contributed by atoms with E-state index < -0.39 is 6.10 Å². The number of rotatable bonds is 50. The average Bonchev–Trinajstić information content (AvgIpc) is 3.24. The molecule has 0 saturated heterocycles. The minimum Gasteiger partial charge on any atom is -0.462 e. The molecule has 0 aromatic carbocycles. The predicted octanol–water partition coefficient (Wildman–Crippen LogP) is 18.3. The van der Waals surface area contributed by atoms with Gasteiger partial charge in [0, 0.05) is 19.3 Å². The van der Waals surface area contributed by atoms with Crippen LogP contribution in [0.5, 0.6) is 0 Å². The normalized spacial score (nSPS) is 12.1. The fraction of sp³-hybridized carbons (Fsp3) is 0.947. The van der Waals surface area contributed by atoms with Crippen molar-refractivity contribution in [3.05, 3.63) is 0 Å². The molecule has 6 nitrogen and oxygen atoms in total. The number of esters is 3. The molecule has 0 N–H and O–H groups in total. The minimum atomic E-state index is -0.763. The molecule has 0 aromatic rings. The minimum absolute atomic E-state index is 0.0642. The van der Waals surface area contributed by atoms with Gasteiger partial charge in [-0.05, 0) is 37.0 Å². The first-order chi connectivity index (χ1) is 30.6. The highest BCUT2D eigenvalue weighted by Gasteiger charge is 2.19. The van der Waals surface area contributed by atoms with Crippen molar-refractivity contribution in [3.63, 3.8) is 0 Å². The van der Waals surface area contributed by atoms with E-state index >= 15 is 0 Å². The van der Waals surface area contributed by atoms with Gasteiger partial charge in [0.2, 0.25) is 0 Å². The maximum Gasteiger partial charge on any atom is 0.306 e. The third-order valence-corrected chi connectivity index (χ3v) is 12.9. The molecule has 0 aliphatic carbocycles. The summed E-state index contributed by atoms with van der Waals surface area (Å²) in [5, 5.41) is 0. The summed E-state index contributed by atoms with van der Waals surface area (Å²) in [7, 11) is 0. The quantitative estimate of drug-likeness (QED) is 0.0344. The third-order valence-electron chi connectivity index (χ3n) is 12.9. The lowest BCUT2D eigenvalue weighted by Crippen LogP contribution is -2.30. The molecule has 0 fully saturated rings. The molecule has 374 valence electrons. The zero-order valence-corrected chi connectivity index (χ0v) is 43.4. The Morgan fingerprint density at radius 1 is 0.270 bits per heavy atom. The van der Waals surface area contributed by atoms with Crippen LogP contribution in [-0.4, -0.2) is 37.2 Å². The first-order valence-corrected chi connectivity index (χ1v) is 28.1. The van der Waals surface area contributed by atoms with Crippen LogP contribution in [0, 0.1) is 17.8 Å². The standard InChI is InChI=1S/C57H110O6/c1-51(2)43-37-31-25-19-15-11-9-7-8-10-12-18-22-30-36-42-48-57(60)63-54(50-62-56(59)47-41-35-29-24-23-27-33-39-45-53(5)6)49-61-55(58)46-40-34-28-21-17-14-13-16-20-26-32-38-44-52(3)4/h51-54H,7-50H2,1-6H3/t54-/m0/s1. The summed E-state index contributed by atoms with van der Waals surface area (Å²) < 4.78 is 16.9. The van der Waals surface area contributed by atoms with Crippen LogP contribution in [0.2, 0.25) is 0 Å².